The second kappa shape index (κ2) is 6.43. The zero-order valence-electron chi connectivity index (χ0n) is 12.3. The minimum atomic E-state index is -0.353. The first-order valence-corrected chi connectivity index (χ1v) is 7.19. The van der Waals surface area contributed by atoms with Gasteiger partial charge in [-0.3, -0.25) is 9.20 Å². The largest absolute Gasteiger partial charge is 0.354 e. The number of nitrogens with one attached hydrogen (secondary N) is 1. The number of pyridine rings is 1. The Morgan fingerprint density at radius 2 is 1.96 bits per heavy atom. The van der Waals surface area contributed by atoms with Crippen LogP contribution in [0.15, 0.2) is 53.5 Å². The Kier molecular flexibility index (Phi) is 4.18. The summed E-state index contributed by atoms with van der Waals surface area (Å²) in [6, 6.07) is 11.3. The Hall–Kier alpha value is -2.96. The number of hydrogen-bond donors (Lipinski definition) is 1. The minimum Gasteiger partial charge on any atom is -0.354 e. The number of rotatable bonds is 5. The Bertz CT molecular complexity index is 883. The SMILES string of the molecule is O=C(Cn1nc2ccccn2c1=O)NCCc1ccc(F)cc1. The molecule has 0 unspecified atom stereocenters. The summed E-state index contributed by atoms with van der Waals surface area (Å²) in [6.45, 7) is 0.274. The Balaban J connectivity index is 1.57. The van der Waals surface area contributed by atoms with Crippen molar-refractivity contribution in [3.63, 3.8) is 0 Å². The molecule has 1 aromatic carbocycles. The van der Waals surface area contributed by atoms with Crippen molar-refractivity contribution < 1.29 is 9.18 Å². The van der Waals surface area contributed by atoms with Crippen LogP contribution in [0, 0.1) is 5.82 Å². The lowest BCUT2D eigenvalue weighted by molar-refractivity contribution is -0.121. The van der Waals surface area contributed by atoms with E-state index in [4.69, 9.17) is 0 Å². The van der Waals surface area contributed by atoms with Gasteiger partial charge in [0.2, 0.25) is 5.91 Å². The van der Waals surface area contributed by atoms with E-state index >= 15 is 0 Å². The van der Waals surface area contributed by atoms with Crippen molar-refractivity contribution in [1.29, 1.82) is 0 Å². The van der Waals surface area contributed by atoms with E-state index < -0.39 is 0 Å². The Labute approximate surface area is 131 Å². The predicted octanol–water partition coefficient (Wildman–Crippen LogP) is 0.994. The highest BCUT2D eigenvalue weighted by Crippen LogP contribution is 2.02. The van der Waals surface area contributed by atoms with Crippen LogP contribution in [0.2, 0.25) is 0 Å². The van der Waals surface area contributed by atoms with Gasteiger partial charge in [-0.05, 0) is 36.2 Å². The fraction of sp³-hybridized carbons (Fsp3) is 0.188. The lowest BCUT2D eigenvalue weighted by Gasteiger charge is -2.05. The van der Waals surface area contributed by atoms with Crippen LogP contribution in [-0.4, -0.2) is 26.6 Å². The van der Waals surface area contributed by atoms with Gasteiger partial charge < -0.3 is 5.32 Å². The van der Waals surface area contributed by atoms with Gasteiger partial charge in [0.05, 0.1) is 0 Å². The number of hydrogen-bond acceptors (Lipinski definition) is 3. The van der Waals surface area contributed by atoms with Gasteiger partial charge in [-0.15, -0.1) is 5.10 Å². The van der Waals surface area contributed by atoms with Crippen LogP contribution in [0.1, 0.15) is 5.56 Å². The number of halogens is 1. The summed E-state index contributed by atoms with van der Waals surface area (Å²) in [5, 5.41) is 6.82. The molecule has 7 heteroatoms. The summed E-state index contributed by atoms with van der Waals surface area (Å²) in [6.07, 6.45) is 2.19. The maximum Gasteiger partial charge on any atom is 0.350 e. The maximum absolute atomic E-state index is 12.8. The molecule has 0 saturated carbocycles. The van der Waals surface area contributed by atoms with E-state index in [0.29, 0.717) is 18.6 Å². The molecule has 23 heavy (non-hydrogen) atoms. The molecule has 0 atom stereocenters. The molecule has 0 aliphatic heterocycles. The van der Waals surface area contributed by atoms with Gasteiger partial charge in [0.15, 0.2) is 5.65 Å². The summed E-state index contributed by atoms with van der Waals surface area (Å²) in [5.74, 6) is -0.582. The normalized spacial score (nSPS) is 10.8. The lowest BCUT2D eigenvalue weighted by Crippen LogP contribution is -2.33. The first-order valence-electron chi connectivity index (χ1n) is 7.19. The summed E-state index contributed by atoms with van der Waals surface area (Å²) in [7, 11) is 0. The van der Waals surface area contributed by atoms with Crippen LogP contribution in [-0.2, 0) is 17.8 Å². The molecule has 2 aromatic heterocycles. The maximum atomic E-state index is 12.8. The van der Waals surface area contributed by atoms with Crippen LogP contribution in [0.3, 0.4) is 0 Å². The molecule has 1 N–H and O–H groups in total. The zero-order valence-corrected chi connectivity index (χ0v) is 12.3. The quantitative estimate of drug-likeness (QED) is 0.764. The van der Waals surface area contributed by atoms with Gasteiger partial charge in [-0.1, -0.05) is 18.2 Å². The highest BCUT2D eigenvalue weighted by Gasteiger charge is 2.09. The molecular weight excluding hydrogens is 299 g/mol. The standard InChI is InChI=1S/C16H15FN4O2/c17-13-6-4-12(5-7-13)8-9-18-15(22)11-21-16(23)20-10-2-1-3-14(20)19-21/h1-7,10H,8-9,11H2,(H,18,22). The van der Waals surface area contributed by atoms with Gasteiger partial charge in [0.1, 0.15) is 12.4 Å². The number of amides is 1. The van der Waals surface area contributed by atoms with Crippen molar-refractivity contribution in [2.75, 3.05) is 6.54 Å². The second-order valence-electron chi connectivity index (χ2n) is 5.10. The first-order chi connectivity index (χ1) is 11.1. The molecule has 3 rings (SSSR count). The average Bonchev–Trinajstić information content (AvgIpc) is 2.86. The summed E-state index contributed by atoms with van der Waals surface area (Å²) in [4.78, 5) is 23.9. The monoisotopic (exact) mass is 314 g/mol. The van der Waals surface area contributed by atoms with Crippen LogP contribution >= 0.6 is 0 Å². The minimum absolute atomic E-state index is 0.135. The fourth-order valence-electron chi connectivity index (χ4n) is 2.26. The second-order valence-corrected chi connectivity index (χ2v) is 5.10. The molecule has 0 fully saturated rings. The molecule has 2 heterocycles. The number of carbonyl (C=O) groups is 1. The van der Waals surface area contributed by atoms with Crippen molar-refractivity contribution in [3.05, 3.63) is 70.5 Å². The number of benzene rings is 1. The third kappa shape index (κ3) is 3.45. The van der Waals surface area contributed by atoms with Crippen molar-refractivity contribution in [2.24, 2.45) is 0 Å². The van der Waals surface area contributed by atoms with Crippen LogP contribution in [0.25, 0.3) is 5.65 Å². The number of nitrogens with zero attached hydrogens (tertiary/aromatic N) is 3. The molecule has 6 nitrogen and oxygen atoms in total. The topological polar surface area (TPSA) is 68.4 Å². The lowest BCUT2D eigenvalue weighted by atomic mass is 10.1. The van der Waals surface area contributed by atoms with Crippen LogP contribution in [0.4, 0.5) is 4.39 Å². The average molecular weight is 314 g/mol. The molecule has 118 valence electrons. The van der Waals surface area contributed by atoms with Gasteiger partial charge >= 0.3 is 5.69 Å². The van der Waals surface area contributed by atoms with Crippen molar-refractivity contribution in [2.45, 2.75) is 13.0 Å². The smallest absolute Gasteiger partial charge is 0.350 e. The molecule has 0 aliphatic rings. The van der Waals surface area contributed by atoms with E-state index in [0.717, 1.165) is 10.2 Å². The zero-order chi connectivity index (χ0) is 16.2. The number of fused-ring (bicyclic) bond motifs is 1. The molecule has 1 amide bonds. The van der Waals surface area contributed by atoms with Crippen molar-refractivity contribution >= 4 is 11.6 Å². The highest BCUT2D eigenvalue weighted by atomic mass is 19.1. The van der Waals surface area contributed by atoms with Crippen LogP contribution < -0.4 is 11.0 Å². The van der Waals surface area contributed by atoms with E-state index in [1.807, 2.05) is 0 Å². The van der Waals surface area contributed by atoms with Crippen molar-refractivity contribution in [3.8, 4) is 0 Å². The van der Waals surface area contributed by atoms with E-state index in [2.05, 4.69) is 10.4 Å². The van der Waals surface area contributed by atoms with Gasteiger partial charge in [-0.25, -0.2) is 13.9 Å². The third-order valence-electron chi connectivity index (χ3n) is 3.43. The summed E-state index contributed by atoms with van der Waals surface area (Å²) < 4.78 is 15.3. The predicted molar refractivity (Wildman–Crippen MR) is 82.6 cm³/mol. The van der Waals surface area contributed by atoms with E-state index in [1.54, 1.807) is 36.5 Å². The molecule has 0 radical (unpaired) electrons. The first kappa shape index (κ1) is 15.0. The molecule has 0 aliphatic carbocycles. The molecule has 0 bridgehead atoms. The van der Waals surface area contributed by atoms with Gasteiger partial charge in [0.25, 0.3) is 0 Å². The Morgan fingerprint density at radius 1 is 1.17 bits per heavy atom. The van der Waals surface area contributed by atoms with E-state index in [-0.39, 0.29) is 24.0 Å². The van der Waals surface area contributed by atoms with Gasteiger partial charge in [0, 0.05) is 12.7 Å². The Morgan fingerprint density at radius 3 is 2.70 bits per heavy atom. The molecular formula is C16H15FN4O2. The molecule has 0 spiro atoms. The fourth-order valence-corrected chi connectivity index (χ4v) is 2.26. The van der Waals surface area contributed by atoms with Crippen LogP contribution in [0.5, 0.6) is 0 Å². The van der Waals surface area contributed by atoms with E-state index in [9.17, 15) is 14.0 Å². The summed E-state index contributed by atoms with van der Waals surface area (Å²) in [5.41, 5.74) is 1.07. The highest BCUT2D eigenvalue weighted by molar-refractivity contribution is 5.75. The third-order valence-corrected chi connectivity index (χ3v) is 3.43. The molecule has 0 saturated heterocycles. The van der Waals surface area contributed by atoms with Gasteiger partial charge in [-0.2, -0.15) is 0 Å². The summed E-state index contributed by atoms with van der Waals surface area (Å²) >= 11 is 0. The molecule has 3 aromatic rings. The number of aromatic nitrogens is 3. The number of carbonyl (C=O) groups excluding carboxylic acids is 1. The van der Waals surface area contributed by atoms with E-state index in [1.165, 1.54) is 16.5 Å². The van der Waals surface area contributed by atoms with Crippen molar-refractivity contribution in [1.82, 2.24) is 19.5 Å².